The van der Waals surface area contributed by atoms with Crippen LogP contribution in [0.15, 0.2) is 60.2 Å². The van der Waals surface area contributed by atoms with E-state index in [0.717, 1.165) is 12.1 Å². The number of halogens is 4. The molecule has 0 bridgehead atoms. The lowest BCUT2D eigenvalue weighted by molar-refractivity contribution is -0.137. The fraction of sp³-hybridized carbons (Fsp3) is 0.150. The maximum absolute atomic E-state index is 14.5. The molecule has 0 radical (unpaired) electrons. The minimum Gasteiger partial charge on any atom is -0.466 e. The summed E-state index contributed by atoms with van der Waals surface area (Å²) in [5.41, 5.74) is 5.92. The summed E-state index contributed by atoms with van der Waals surface area (Å²) in [5, 5.41) is 0. The van der Waals surface area contributed by atoms with Gasteiger partial charge in [0.05, 0.1) is 17.1 Å². The summed E-state index contributed by atoms with van der Waals surface area (Å²) in [5.74, 6) is -2.47. The summed E-state index contributed by atoms with van der Waals surface area (Å²) in [4.78, 5) is 12.9. The zero-order valence-electron chi connectivity index (χ0n) is 13.8. The van der Waals surface area contributed by atoms with Crippen molar-refractivity contribution in [3.05, 3.63) is 82.5 Å². The molecule has 138 valence electrons. The van der Waals surface area contributed by atoms with Gasteiger partial charge in [-0.25, -0.2) is 4.39 Å². The van der Waals surface area contributed by atoms with Gasteiger partial charge in [0.2, 0.25) is 5.78 Å². The number of hydrogen-bond donors (Lipinski definition) is 1. The van der Waals surface area contributed by atoms with Crippen molar-refractivity contribution in [1.82, 2.24) is 0 Å². The Labute approximate surface area is 151 Å². The van der Waals surface area contributed by atoms with Crippen LogP contribution >= 0.6 is 0 Å². The van der Waals surface area contributed by atoms with E-state index in [-0.39, 0.29) is 17.0 Å². The number of hydrogen-bond acceptors (Lipinski definition) is 3. The van der Waals surface area contributed by atoms with Gasteiger partial charge < -0.3 is 10.5 Å². The minimum absolute atomic E-state index is 0.00880. The number of carbonyl (C=O) groups excluding carboxylic acids is 1. The van der Waals surface area contributed by atoms with E-state index < -0.39 is 35.4 Å². The highest BCUT2D eigenvalue weighted by Gasteiger charge is 2.45. The average Bonchev–Trinajstić information content (AvgIpc) is 3.09. The van der Waals surface area contributed by atoms with Gasteiger partial charge in [-0.1, -0.05) is 36.4 Å². The predicted molar refractivity (Wildman–Crippen MR) is 90.7 cm³/mol. The van der Waals surface area contributed by atoms with E-state index in [0.29, 0.717) is 11.1 Å². The second-order valence-corrected chi connectivity index (χ2v) is 6.36. The molecule has 1 heterocycles. The van der Waals surface area contributed by atoms with Crippen LogP contribution in [0.2, 0.25) is 0 Å². The Morgan fingerprint density at radius 1 is 1.04 bits per heavy atom. The smallest absolute Gasteiger partial charge is 0.416 e. The first-order chi connectivity index (χ1) is 12.8. The van der Waals surface area contributed by atoms with Crippen LogP contribution in [0.5, 0.6) is 0 Å². The molecule has 2 atom stereocenters. The summed E-state index contributed by atoms with van der Waals surface area (Å²) >= 11 is 0. The van der Waals surface area contributed by atoms with Crippen molar-refractivity contribution in [2.24, 2.45) is 5.73 Å². The van der Waals surface area contributed by atoms with Gasteiger partial charge in [0, 0.05) is 0 Å². The molecule has 2 unspecified atom stereocenters. The molecular formula is C20H13F4NO2. The number of ketones is 1. The maximum Gasteiger partial charge on any atom is 0.416 e. The third kappa shape index (κ3) is 2.79. The van der Waals surface area contributed by atoms with Crippen molar-refractivity contribution in [3.63, 3.8) is 0 Å². The normalized spacial score (nSPS) is 21.9. The van der Waals surface area contributed by atoms with E-state index >= 15 is 0 Å². The van der Waals surface area contributed by atoms with Crippen molar-refractivity contribution >= 4 is 17.4 Å². The Hall–Kier alpha value is -3.09. The average molecular weight is 375 g/mol. The molecule has 0 fully saturated rings. The van der Waals surface area contributed by atoms with Gasteiger partial charge in [-0.15, -0.1) is 0 Å². The van der Waals surface area contributed by atoms with Crippen LogP contribution in [0.4, 0.5) is 17.6 Å². The third-order valence-electron chi connectivity index (χ3n) is 4.71. The van der Waals surface area contributed by atoms with E-state index in [4.69, 9.17) is 10.5 Å². The van der Waals surface area contributed by atoms with Crippen LogP contribution < -0.4 is 5.73 Å². The Kier molecular flexibility index (Phi) is 3.83. The van der Waals surface area contributed by atoms with E-state index in [2.05, 4.69) is 0 Å². The van der Waals surface area contributed by atoms with Gasteiger partial charge in [0.1, 0.15) is 5.83 Å². The molecule has 2 aromatic carbocycles. The van der Waals surface area contributed by atoms with Gasteiger partial charge in [-0.05, 0) is 34.9 Å². The highest BCUT2D eigenvalue weighted by atomic mass is 19.4. The van der Waals surface area contributed by atoms with Crippen LogP contribution in [0.1, 0.15) is 28.2 Å². The molecule has 1 aliphatic heterocycles. The summed E-state index contributed by atoms with van der Waals surface area (Å²) in [6.07, 6.45) is -4.50. The minimum atomic E-state index is -4.56. The van der Waals surface area contributed by atoms with Gasteiger partial charge in [0.15, 0.2) is 12.0 Å². The molecule has 0 amide bonds. The molecule has 0 spiro atoms. The first kappa shape index (κ1) is 17.3. The first-order valence-electron chi connectivity index (χ1n) is 8.11. The molecular weight excluding hydrogens is 362 g/mol. The Morgan fingerprint density at radius 2 is 1.78 bits per heavy atom. The molecule has 2 aliphatic rings. The summed E-state index contributed by atoms with van der Waals surface area (Å²) in [6, 6.07) is 11.1. The molecule has 1 aliphatic carbocycles. The number of carbonyl (C=O) groups is 1. The summed E-state index contributed by atoms with van der Waals surface area (Å²) in [6.45, 7) is 0. The number of Topliss-reactive ketones (excluding diaryl/α,β-unsaturated/α-hetero) is 1. The number of nitrogens with two attached hydrogens (primary N) is 1. The second-order valence-electron chi connectivity index (χ2n) is 6.36. The Bertz CT molecular complexity index is 1010. The molecule has 2 N–H and O–H groups in total. The van der Waals surface area contributed by atoms with Crippen molar-refractivity contribution in [3.8, 4) is 0 Å². The van der Waals surface area contributed by atoms with Gasteiger partial charge in [0.25, 0.3) is 0 Å². The SMILES string of the molecule is NC1=C(c2cccc(C(F)(F)F)c2)C(=O)C(C2C(F)=Cc3ccccc32)O1. The van der Waals surface area contributed by atoms with E-state index in [9.17, 15) is 22.4 Å². The van der Waals surface area contributed by atoms with E-state index in [1.807, 2.05) is 0 Å². The van der Waals surface area contributed by atoms with Crippen LogP contribution in [-0.2, 0) is 15.7 Å². The van der Waals surface area contributed by atoms with Crippen LogP contribution in [0.25, 0.3) is 11.6 Å². The first-order valence-corrected chi connectivity index (χ1v) is 8.11. The number of benzene rings is 2. The topological polar surface area (TPSA) is 52.3 Å². The Morgan fingerprint density at radius 3 is 2.52 bits per heavy atom. The quantitative estimate of drug-likeness (QED) is 0.792. The largest absolute Gasteiger partial charge is 0.466 e. The van der Waals surface area contributed by atoms with Crippen molar-refractivity contribution in [2.45, 2.75) is 18.2 Å². The number of alkyl halides is 3. The Balaban J connectivity index is 1.70. The predicted octanol–water partition coefficient (Wildman–Crippen LogP) is 4.41. The third-order valence-corrected chi connectivity index (χ3v) is 4.71. The summed E-state index contributed by atoms with van der Waals surface area (Å²) < 4.78 is 58.8. The van der Waals surface area contributed by atoms with Crippen molar-refractivity contribution in [1.29, 1.82) is 0 Å². The molecule has 3 nitrogen and oxygen atoms in total. The molecule has 27 heavy (non-hydrogen) atoms. The van der Waals surface area contributed by atoms with Crippen LogP contribution in [0, 0.1) is 0 Å². The lowest BCUT2D eigenvalue weighted by atomic mass is 9.89. The zero-order valence-corrected chi connectivity index (χ0v) is 13.8. The maximum atomic E-state index is 14.5. The molecule has 2 aromatic rings. The lowest BCUT2D eigenvalue weighted by Gasteiger charge is -2.19. The number of rotatable bonds is 2. The van der Waals surface area contributed by atoms with E-state index in [1.165, 1.54) is 18.2 Å². The van der Waals surface area contributed by atoms with E-state index in [1.54, 1.807) is 24.3 Å². The number of ether oxygens (including phenoxy) is 1. The highest BCUT2D eigenvalue weighted by Crippen LogP contribution is 2.45. The van der Waals surface area contributed by atoms with Gasteiger partial charge >= 0.3 is 6.18 Å². The summed E-state index contributed by atoms with van der Waals surface area (Å²) in [7, 11) is 0. The fourth-order valence-electron chi connectivity index (χ4n) is 3.49. The molecule has 0 saturated heterocycles. The molecule has 4 rings (SSSR count). The van der Waals surface area contributed by atoms with Crippen LogP contribution in [-0.4, -0.2) is 11.9 Å². The highest BCUT2D eigenvalue weighted by molar-refractivity contribution is 6.25. The van der Waals surface area contributed by atoms with Crippen molar-refractivity contribution < 1.29 is 27.1 Å². The lowest BCUT2D eigenvalue weighted by Crippen LogP contribution is -2.26. The number of fused-ring (bicyclic) bond motifs is 1. The van der Waals surface area contributed by atoms with Gasteiger partial charge in [-0.2, -0.15) is 13.2 Å². The second kappa shape index (κ2) is 5.97. The van der Waals surface area contributed by atoms with Gasteiger partial charge in [-0.3, -0.25) is 4.79 Å². The van der Waals surface area contributed by atoms with Crippen LogP contribution in [0.3, 0.4) is 0 Å². The fourth-order valence-corrected chi connectivity index (χ4v) is 3.49. The van der Waals surface area contributed by atoms with Crippen molar-refractivity contribution in [2.75, 3.05) is 0 Å². The standard InChI is InChI=1S/C20H13F4NO2/c21-14-9-10-4-1-2-7-13(10)16(14)18-17(26)15(19(25)27-18)11-5-3-6-12(8-11)20(22,23)24/h1-9,16,18H,25H2. The molecule has 0 saturated carbocycles. The molecule has 7 heteroatoms. The molecule has 0 aromatic heterocycles. The zero-order chi connectivity index (χ0) is 19.3. The monoisotopic (exact) mass is 375 g/mol.